The fourth-order valence-corrected chi connectivity index (χ4v) is 9.78. The van der Waals surface area contributed by atoms with Crippen LogP contribution in [0.2, 0.25) is 0 Å². The predicted molar refractivity (Wildman–Crippen MR) is 254 cm³/mol. The zero-order valence-corrected chi connectivity index (χ0v) is 33.4. The Balaban J connectivity index is 1.11. The highest BCUT2D eigenvalue weighted by Crippen LogP contribution is 2.45. The minimum atomic E-state index is 0.766. The third-order valence-electron chi connectivity index (χ3n) is 12.4. The van der Waals surface area contributed by atoms with Crippen LogP contribution in [0.3, 0.4) is 0 Å². The molecule has 62 heavy (non-hydrogen) atoms. The average molecular weight is 794 g/mol. The molecule has 0 aliphatic carbocycles. The number of hydrogen-bond acceptors (Lipinski definition) is 3. The molecule has 0 unspecified atom stereocenters. The Morgan fingerprint density at radius 3 is 1.53 bits per heavy atom. The third-order valence-corrected chi connectivity index (χ3v) is 12.4. The van der Waals surface area contributed by atoms with E-state index in [4.69, 9.17) is 14.6 Å². The van der Waals surface area contributed by atoms with E-state index in [1.807, 2.05) is 30.3 Å². The van der Waals surface area contributed by atoms with Crippen LogP contribution in [0.15, 0.2) is 217 Å². The molecule has 0 aliphatic heterocycles. The van der Waals surface area contributed by atoms with Gasteiger partial charge in [-0.3, -0.25) is 4.57 Å². The highest BCUT2D eigenvalue weighted by atomic mass is 16.3. The van der Waals surface area contributed by atoms with Crippen molar-refractivity contribution in [3.05, 3.63) is 212 Å². The van der Waals surface area contributed by atoms with Gasteiger partial charge in [0.2, 0.25) is 0 Å². The molecule has 0 N–H and O–H groups in total. The van der Waals surface area contributed by atoms with Gasteiger partial charge < -0.3 is 13.6 Å². The van der Waals surface area contributed by atoms with Crippen molar-refractivity contribution in [2.75, 3.05) is 0 Å². The van der Waals surface area contributed by atoms with Gasteiger partial charge in [-0.15, -0.1) is 10.2 Å². The quantitative estimate of drug-likeness (QED) is 0.168. The van der Waals surface area contributed by atoms with Gasteiger partial charge in [0.25, 0.3) is 0 Å². The number of aromatic nitrogens is 5. The molecule has 0 spiro atoms. The van der Waals surface area contributed by atoms with E-state index in [0.717, 1.165) is 111 Å². The van der Waals surface area contributed by atoms with Crippen LogP contribution in [0.5, 0.6) is 0 Å². The van der Waals surface area contributed by atoms with E-state index in [1.165, 1.54) is 5.39 Å². The molecule has 6 nitrogen and oxygen atoms in total. The van der Waals surface area contributed by atoms with E-state index < -0.39 is 0 Å². The normalized spacial score (nSPS) is 11.9. The summed E-state index contributed by atoms with van der Waals surface area (Å²) in [5.41, 5.74) is 13.4. The number of rotatable bonds is 6. The van der Waals surface area contributed by atoms with Gasteiger partial charge in [0, 0.05) is 60.3 Å². The van der Waals surface area contributed by atoms with E-state index in [9.17, 15) is 0 Å². The van der Waals surface area contributed by atoms with Crippen LogP contribution in [0, 0.1) is 0 Å². The number of para-hydroxylation sites is 7. The zero-order chi connectivity index (χ0) is 40.7. The van der Waals surface area contributed by atoms with Gasteiger partial charge in [0.05, 0.1) is 33.4 Å². The first kappa shape index (κ1) is 34.4. The van der Waals surface area contributed by atoms with Gasteiger partial charge in [0.1, 0.15) is 5.58 Å². The maximum absolute atomic E-state index is 6.77. The Morgan fingerprint density at radius 1 is 0.323 bits per heavy atom. The molecule has 290 valence electrons. The van der Waals surface area contributed by atoms with E-state index in [0.29, 0.717) is 0 Å². The second-order valence-corrected chi connectivity index (χ2v) is 15.8. The highest BCUT2D eigenvalue weighted by molar-refractivity contribution is 6.22. The van der Waals surface area contributed by atoms with Crippen LogP contribution >= 0.6 is 0 Å². The van der Waals surface area contributed by atoms with Crippen molar-refractivity contribution in [2.45, 2.75) is 0 Å². The summed E-state index contributed by atoms with van der Waals surface area (Å²) in [6.07, 6.45) is 0. The molecule has 13 rings (SSSR count). The SMILES string of the molecule is c1ccc(-c2nnc(-c3cccc4c5ccccc5n(-c5ccccc5-c5ccccc5-n5c6ccccc6c6ccc7c8ccccc8oc7c65)c34)n2-c2ccccc2)cc1. The number of furan rings is 1. The minimum absolute atomic E-state index is 0.766. The van der Waals surface area contributed by atoms with Gasteiger partial charge in [-0.05, 0) is 54.6 Å². The maximum Gasteiger partial charge on any atom is 0.171 e. The van der Waals surface area contributed by atoms with E-state index >= 15 is 0 Å². The van der Waals surface area contributed by atoms with Gasteiger partial charge >= 0.3 is 0 Å². The molecule has 0 saturated carbocycles. The fourth-order valence-electron chi connectivity index (χ4n) is 9.78. The molecule has 0 amide bonds. The lowest BCUT2D eigenvalue weighted by molar-refractivity contribution is 0.671. The summed E-state index contributed by atoms with van der Waals surface area (Å²) in [5.74, 6) is 1.55. The molecule has 0 saturated heterocycles. The molecule has 9 aromatic carbocycles. The zero-order valence-electron chi connectivity index (χ0n) is 33.4. The number of nitrogens with zero attached hydrogens (tertiary/aromatic N) is 5. The summed E-state index contributed by atoms with van der Waals surface area (Å²) in [6, 6.07) is 75.0. The molecule has 0 atom stereocenters. The molecular formula is C56H35N5O. The van der Waals surface area contributed by atoms with Crippen LogP contribution in [-0.4, -0.2) is 23.9 Å². The maximum atomic E-state index is 6.77. The first-order valence-electron chi connectivity index (χ1n) is 20.9. The smallest absolute Gasteiger partial charge is 0.171 e. The Kier molecular flexibility index (Phi) is 7.50. The molecule has 0 bridgehead atoms. The summed E-state index contributed by atoms with van der Waals surface area (Å²) in [4.78, 5) is 0. The standard InChI is InChI=1S/C56H35N5O/c1-3-18-36(19-4-1)55-57-58-56(59(55)37-20-5-2-6-21-37)46-28-17-27-43-40-24-9-14-31-49(40)60(52(43)46)47-29-12-7-22-38(47)39-23-8-13-30-48(39)61-50-32-15-10-25-41(50)44-34-35-45-42-26-11-16-33-51(42)62-54(45)53(44)61/h1-35H. The molecule has 0 fully saturated rings. The second-order valence-electron chi connectivity index (χ2n) is 15.8. The van der Waals surface area contributed by atoms with Gasteiger partial charge in [-0.1, -0.05) is 158 Å². The van der Waals surface area contributed by atoms with E-state index in [1.54, 1.807) is 0 Å². The Morgan fingerprint density at radius 2 is 0.823 bits per heavy atom. The summed E-state index contributed by atoms with van der Waals surface area (Å²) in [7, 11) is 0. The molecule has 0 aliphatic rings. The first-order valence-corrected chi connectivity index (χ1v) is 20.9. The molecule has 4 heterocycles. The Hall–Kier alpha value is -8.48. The Bertz CT molecular complexity index is 3870. The highest BCUT2D eigenvalue weighted by Gasteiger charge is 2.26. The Labute approximate surface area is 355 Å². The average Bonchev–Trinajstić information content (AvgIpc) is 4.12. The molecule has 6 heteroatoms. The van der Waals surface area contributed by atoms with Crippen molar-refractivity contribution in [3.8, 4) is 51.0 Å². The number of hydrogen-bond donors (Lipinski definition) is 0. The predicted octanol–water partition coefficient (Wildman–Crippen LogP) is 14.4. The van der Waals surface area contributed by atoms with Crippen molar-refractivity contribution >= 4 is 65.6 Å². The summed E-state index contributed by atoms with van der Waals surface area (Å²) in [5, 5.41) is 16.7. The van der Waals surface area contributed by atoms with E-state index in [-0.39, 0.29) is 0 Å². The van der Waals surface area contributed by atoms with Crippen LogP contribution in [-0.2, 0) is 0 Å². The van der Waals surface area contributed by atoms with E-state index in [2.05, 4.69) is 196 Å². The topological polar surface area (TPSA) is 53.7 Å². The molecular weight excluding hydrogens is 759 g/mol. The number of benzene rings is 9. The van der Waals surface area contributed by atoms with Gasteiger partial charge in [-0.25, -0.2) is 0 Å². The monoisotopic (exact) mass is 793 g/mol. The third kappa shape index (κ3) is 4.98. The summed E-state index contributed by atoms with van der Waals surface area (Å²) < 4.78 is 13.8. The lowest BCUT2D eigenvalue weighted by Gasteiger charge is -2.19. The number of fused-ring (bicyclic) bond motifs is 10. The lowest BCUT2D eigenvalue weighted by atomic mass is 10.0. The largest absolute Gasteiger partial charge is 0.454 e. The minimum Gasteiger partial charge on any atom is -0.454 e. The summed E-state index contributed by atoms with van der Waals surface area (Å²) in [6.45, 7) is 0. The van der Waals surface area contributed by atoms with Crippen molar-refractivity contribution in [2.24, 2.45) is 0 Å². The van der Waals surface area contributed by atoms with Gasteiger partial charge in [0.15, 0.2) is 17.2 Å². The summed E-state index contributed by atoms with van der Waals surface area (Å²) >= 11 is 0. The van der Waals surface area contributed by atoms with Crippen LogP contribution in [0.1, 0.15) is 0 Å². The molecule has 13 aromatic rings. The van der Waals surface area contributed by atoms with Crippen molar-refractivity contribution in [1.82, 2.24) is 23.9 Å². The lowest BCUT2D eigenvalue weighted by Crippen LogP contribution is -2.03. The van der Waals surface area contributed by atoms with Crippen LogP contribution < -0.4 is 0 Å². The van der Waals surface area contributed by atoms with Crippen molar-refractivity contribution in [3.63, 3.8) is 0 Å². The van der Waals surface area contributed by atoms with Crippen molar-refractivity contribution < 1.29 is 4.42 Å². The second kappa shape index (κ2) is 13.5. The van der Waals surface area contributed by atoms with Crippen molar-refractivity contribution in [1.29, 1.82) is 0 Å². The molecule has 0 radical (unpaired) electrons. The first-order chi connectivity index (χ1) is 30.8. The van der Waals surface area contributed by atoms with Crippen LogP contribution in [0.25, 0.3) is 117 Å². The van der Waals surface area contributed by atoms with Crippen LogP contribution in [0.4, 0.5) is 0 Å². The van der Waals surface area contributed by atoms with Gasteiger partial charge in [-0.2, -0.15) is 0 Å². The molecule has 4 aromatic heterocycles. The fraction of sp³-hybridized carbons (Fsp3) is 0.